The zero-order chi connectivity index (χ0) is 44.8. The van der Waals surface area contributed by atoms with Crippen LogP contribution < -0.4 is 15.1 Å². The minimum atomic E-state index is -0.579. The summed E-state index contributed by atoms with van der Waals surface area (Å²) in [6.07, 6.45) is 13.5. The molecule has 1 saturated carbocycles. The average molecular weight is 889 g/mol. The Balaban J connectivity index is 0.650. The molecule has 0 bridgehead atoms. The van der Waals surface area contributed by atoms with E-state index in [0.717, 1.165) is 75.2 Å². The van der Waals surface area contributed by atoms with Crippen LogP contribution in [0.25, 0.3) is 0 Å². The lowest BCUT2D eigenvalue weighted by molar-refractivity contribution is -0.136. The summed E-state index contributed by atoms with van der Waals surface area (Å²) in [5.41, 5.74) is 10.1. The number of hydrogen-bond acceptors (Lipinski definition) is 8. The van der Waals surface area contributed by atoms with E-state index >= 15 is 0 Å². The number of anilines is 2. The number of fused-ring (bicyclic) bond motifs is 2. The van der Waals surface area contributed by atoms with E-state index in [-0.39, 0.29) is 30.1 Å². The van der Waals surface area contributed by atoms with E-state index in [1.807, 2.05) is 18.2 Å². The van der Waals surface area contributed by atoms with Crippen molar-refractivity contribution in [3.63, 3.8) is 0 Å². The van der Waals surface area contributed by atoms with Gasteiger partial charge in [0.2, 0.25) is 11.8 Å². The third-order valence-electron chi connectivity index (χ3n) is 17.5. The second-order valence-electron chi connectivity index (χ2n) is 21.1. The molecule has 346 valence electrons. The van der Waals surface area contributed by atoms with Gasteiger partial charge >= 0.3 is 0 Å². The first-order chi connectivity index (χ1) is 32.3. The number of piperazine rings is 1. The summed E-state index contributed by atoms with van der Waals surface area (Å²) in [4.78, 5) is 49.8. The third-order valence-corrected chi connectivity index (χ3v) is 17.5. The Kier molecular flexibility index (Phi) is 12.1. The highest BCUT2D eigenvalue weighted by Crippen LogP contribution is 2.48. The molecule has 7 aliphatic rings. The molecule has 1 spiro atoms. The van der Waals surface area contributed by atoms with Crippen LogP contribution in [0.1, 0.15) is 121 Å². The Morgan fingerprint density at radius 1 is 0.606 bits per heavy atom. The molecule has 0 aromatic heterocycles. The number of phenolic OH excluding ortho intramolecular Hbond substituents is 1. The van der Waals surface area contributed by atoms with E-state index < -0.39 is 6.04 Å². The molecule has 66 heavy (non-hydrogen) atoms. The van der Waals surface area contributed by atoms with Gasteiger partial charge < -0.3 is 24.7 Å². The van der Waals surface area contributed by atoms with Gasteiger partial charge in [-0.3, -0.25) is 24.6 Å². The summed E-state index contributed by atoms with van der Waals surface area (Å²) >= 11 is 0. The normalized spacial score (nSPS) is 27.2. The van der Waals surface area contributed by atoms with E-state index in [2.05, 4.69) is 97.7 Å². The molecule has 5 aliphatic heterocycles. The minimum absolute atomic E-state index is 0.107. The van der Waals surface area contributed by atoms with Crippen molar-refractivity contribution >= 4 is 29.1 Å². The number of nitrogens with zero attached hydrogens (tertiary/aromatic N) is 5. The number of carbonyl (C=O) groups excluding carboxylic acids is 3. The van der Waals surface area contributed by atoms with Crippen molar-refractivity contribution in [3.8, 4) is 5.75 Å². The van der Waals surface area contributed by atoms with Gasteiger partial charge in [-0.15, -0.1) is 0 Å². The molecule has 5 atom stereocenters. The summed E-state index contributed by atoms with van der Waals surface area (Å²) in [6, 6.07) is 32.2. The number of carbonyl (C=O) groups is 3. The smallest absolute Gasteiger partial charge is 0.255 e. The molecular weight excluding hydrogens is 821 g/mol. The predicted octanol–water partition coefficient (Wildman–Crippen LogP) is 8.33. The Morgan fingerprint density at radius 2 is 1.27 bits per heavy atom. The number of amides is 3. The van der Waals surface area contributed by atoms with Crippen LogP contribution in [0.4, 0.5) is 11.4 Å². The highest BCUT2D eigenvalue weighted by Gasteiger charge is 2.41. The highest BCUT2D eigenvalue weighted by molar-refractivity contribution is 6.05. The molecule has 2 N–H and O–H groups in total. The molecule has 4 aromatic carbocycles. The first-order valence-corrected chi connectivity index (χ1v) is 25.4. The number of piperidine rings is 3. The number of rotatable bonds is 9. The number of aromatic hydroxyl groups is 1. The molecule has 3 unspecified atom stereocenters. The Morgan fingerprint density at radius 3 is 1.98 bits per heavy atom. The molecule has 5 heterocycles. The Bertz CT molecular complexity index is 2400. The van der Waals surface area contributed by atoms with Crippen LogP contribution in [-0.4, -0.2) is 109 Å². The molecular formula is C56H68N6O4. The van der Waals surface area contributed by atoms with Crippen LogP contribution in [0.5, 0.6) is 5.75 Å². The van der Waals surface area contributed by atoms with Crippen LogP contribution in [0.2, 0.25) is 0 Å². The Labute approximate surface area is 391 Å². The van der Waals surface area contributed by atoms with Gasteiger partial charge in [0.15, 0.2) is 0 Å². The van der Waals surface area contributed by atoms with Crippen LogP contribution in [0, 0.1) is 17.3 Å². The van der Waals surface area contributed by atoms with E-state index in [4.69, 9.17) is 0 Å². The number of likely N-dealkylation sites (tertiary alicyclic amines) is 1. The summed E-state index contributed by atoms with van der Waals surface area (Å²) in [7, 11) is 0. The van der Waals surface area contributed by atoms with Gasteiger partial charge in [0, 0.05) is 88.2 Å². The third kappa shape index (κ3) is 8.76. The van der Waals surface area contributed by atoms with Crippen molar-refractivity contribution in [2.45, 2.75) is 101 Å². The predicted molar refractivity (Wildman–Crippen MR) is 260 cm³/mol. The van der Waals surface area contributed by atoms with Gasteiger partial charge in [-0.2, -0.15) is 0 Å². The number of benzene rings is 4. The van der Waals surface area contributed by atoms with Gasteiger partial charge in [0.1, 0.15) is 11.8 Å². The van der Waals surface area contributed by atoms with Crippen molar-refractivity contribution in [2.24, 2.45) is 17.3 Å². The van der Waals surface area contributed by atoms with Crippen molar-refractivity contribution < 1.29 is 19.5 Å². The number of hydrogen-bond donors (Lipinski definition) is 2. The molecule has 5 fully saturated rings. The van der Waals surface area contributed by atoms with Gasteiger partial charge in [0.05, 0.1) is 0 Å². The van der Waals surface area contributed by atoms with Crippen molar-refractivity contribution in [3.05, 3.63) is 124 Å². The summed E-state index contributed by atoms with van der Waals surface area (Å²) in [6.45, 7) is 11.8. The fraction of sp³-hybridized carbons (Fsp3) is 0.518. The van der Waals surface area contributed by atoms with E-state index in [1.54, 1.807) is 4.90 Å². The quantitative estimate of drug-likeness (QED) is 0.162. The molecule has 10 nitrogen and oxygen atoms in total. The van der Waals surface area contributed by atoms with Crippen molar-refractivity contribution in [1.82, 2.24) is 20.0 Å². The second kappa shape index (κ2) is 18.5. The summed E-state index contributed by atoms with van der Waals surface area (Å²) in [5.74, 6) is 1.90. The minimum Gasteiger partial charge on any atom is -0.508 e. The first-order valence-electron chi connectivity index (χ1n) is 25.4. The lowest BCUT2D eigenvalue weighted by Crippen LogP contribution is -2.52. The zero-order valence-corrected chi connectivity index (χ0v) is 38.7. The highest BCUT2D eigenvalue weighted by atomic mass is 16.3. The monoisotopic (exact) mass is 889 g/mol. The summed E-state index contributed by atoms with van der Waals surface area (Å²) < 4.78 is 0. The van der Waals surface area contributed by atoms with Crippen LogP contribution in [0.15, 0.2) is 91.0 Å². The molecule has 11 rings (SSSR count). The molecule has 4 saturated heterocycles. The SMILES string of the molecule is O=C1CCC(N2Cc3cc(N4CCN(C[C@H]5CCCC[C@@H]5CN5CCC6(CC5)CCN(c5ccc(C7c8ccc(O)cc8CCC7c7ccccc7)cc5)CC6)CC4)ccc3C2=O)C(=O)N1. The lowest BCUT2D eigenvalue weighted by Gasteiger charge is -2.48. The molecule has 0 radical (unpaired) electrons. The zero-order valence-electron chi connectivity index (χ0n) is 38.7. The van der Waals surface area contributed by atoms with E-state index in [0.29, 0.717) is 35.6 Å². The lowest BCUT2D eigenvalue weighted by atomic mass is 9.69. The average Bonchev–Trinajstić information content (AvgIpc) is 3.68. The molecule has 3 amide bonds. The van der Waals surface area contributed by atoms with Crippen LogP contribution in [0.3, 0.4) is 0 Å². The maximum absolute atomic E-state index is 13.3. The van der Waals surface area contributed by atoms with E-state index in [9.17, 15) is 19.5 Å². The van der Waals surface area contributed by atoms with Gasteiger partial charge in [-0.05, 0) is 164 Å². The van der Waals surface area contributed by atoms with E-state index in [1.165, 1.54) is 105 Å². The molecule has 10 heteroatoms. The van der Waals surface area contributed by atoms with Crippen molar-refractivity contribution in [2.75, 3.05) is 75.2 Å². The fourth-order valence-electron chi connectivity index (χ4n) is 13.5. The first kappa shape index (κ1) is 43.4. The van der Waals surface area contributed by atoms with Crippen LogP contribution >= 0.6 is 0 Å². The van der Waals surface area contributed by atoms with Crippen molar-refractivity contribution in [1.29, 1.82) is 0 Å². The van der Waals surface area contributed by atoms with Gasteiger partial charge in [0.25, 0.3) is 5.91 Å². The number of phenols is 1. The standard InChI is InChI=1S/C56H68N6O4/c63-47-16-19-49-41(35-47)12-17-48(39-6-2-1-3-7-39)53(49)40-10-13-45(14-11-40)60-28-24-56(25-29-60)22-26-58(27-23-56)36-42-8-4-5-9-43(42)37-59-30-32-61(33-31-59)46-15-18-50-44(34-46)38-62(55(50)66)51-20-21-52(64)57-54(51)65/h1-3,6-7,10-11,13-16,18-19,34-35,42-43,48,51,53,63H,4-5,8-9,12,17,20-33,36-38H2,(H,57,64,65)/t42-,43-,48?,51?,53?/m1/s1. The fourth-order valence-corrected chi connectivity index (χ4v) is 13.5. The molecule has 2 aliphatic carbocycles. The van der Waals surface area contributed by atoms with Crippen LogP contribution in [-0.2, 0) is 22.6 Å². The second-order valence-corrected chi connectivity index (χ2v) is 21.1. The number of aryl methyl sites for hydroxylation is 1. The number of nitrogens with one attached hydrogen (secondary N) is 1. The van der Waals surface area contributed by atoms with Gasteiger partial charge in [-0.25, -0.2) is 0 Å². The summed E-state index contributed by atoms with van der Waals surface area (Å²) in [5, 5.41) is 12.7. The maximum atomic E-state index is 13.3. The van der Waals surface area contributed by atoms with Gasteiger partial charge in [-0.1, -0.05) is 61.4 Å². The molecule has 4 aromatic rings. The largest absolute Gasteiger partial charge is 0.508 e. The number of imide groups is 1. The topological polar surface area (TPSA) is 99.7 Å². The maximum Gasteiger partial charge on any atom is 0.255 e. The Hall–Kier alpha value is -5.19.